The first kappa shape index (κ1) is 22.0. The summed E-state index contributed by atoms with van der Waals surface area (Å²) in [6.45, 7) is 5.11. The van der Waals surface area contributed by atoms with E-state index in [1.165, 1.54) is 18.4 Å². The number of aryl methyl sites for hydroxylation is 1. The second-order valence-electron chi connectivity index (χ2n) is 4.03. The predicted molar refractivity (Wildman–Crippen MR) is 98.0 cm³/mol. The van der Waals surface area contributed by atoms with Gasteiger partial charge in [-0.3, -0.25) is 0 Å². The lowest BCUT2D eigenvalue weighted by atomic mass is 10.1. The van der Waals surface area contributed by atoms with Crippen molar-refractivity contribution in [1.29, 1.82) is 0 Å². The molecule has 0 heterocycles. The summed E-state index contributed by atoms with van der Waals surface area (Å²) >= 11 is 0. The van der Waals surface area contributed by atoms with Gasteiger partial charge in [0, 0.05) is 0 Å². The highest BCUT2D eigenvalue weighted by atomic mass is 16.3. The average molecular weight is 299 g/mol. The lowest BCUT2D eigenvalue weighted by Gasteiger charge is -1.99. The molecule has 0 aliphatic carbocycles. The molecule has 2 aromatic carbocycles. The number of aromatic hydroxyl groups is 1. The average Bonchev–Trinajstić information content (AvgIpc) is 2.61. The minimum Gasteiger partial charge on any atom is -0.508 e. The van der Waals surface area contributed by atoms with E-state index in [4.69, 9.17) is 5.11 Å². The summed E-state index contributed by atoms with van der Waals surface area (Å²) in [6.07, 6.45) is 10.4. The second-order valence-corrected chi connectivity index (χ2v) is 4.03. The Morgan fingerprint density at radius 3 is 1.68 bits per heavy atom. The summed E-state index contributed by atoms with van der Waals surface area (Å²) in [5, 5.41) is 11.8. The molecule has 0 bridgehead atoms. The lowest BCUT2D eigenvalue weighted by Crippen LogP contribution is -2.08. The summed E-state index contributed by atoms with van der Waals surface area (Å²) in [7, 11) is 1.99. The monoisotopic (exact) mass is 299 g/mol. The molecular weight excluding hydrogens is 270 g/mol. The Balaban J connectivity index is 0. The van der Waals surface area contributed by atoms with Gasteiger partial charge in [0.1, 0.15) is 5.75 Å². The standard InChI is InChI=1S/C10H15N.C6H6O.C2H6.C2H2/c1-11-9-5-8-10-6-3-2-4-7-10;7-6-4-2-1-3-5-6;2*1-2/h2-4,6-7,11H,5,8-9H2,1H3;1-5,7H;1-2H3;1-2H. The molecule has 2 N–H and O–H groups in total. The molecule has 0 amide bonds. The zero-order chi connectivity index (χ0) is 17.1. The number of rotatable bonds is 4. The fourth-order valence-electron chi connectivity index (χ4n) is 1.54. The van der Waals surface area contributed by atoms with Crippen LogP contribution in [0.1, 0.15) is 25.8 Å². The van der Waals surface area contributed by atoms with Gasteiger partial charge in [0.05, 0.1) is 0 Å². The Kier molecular flexibility index (Phi) is 18.8. The number of hydrogen-bond acceptors (Lipinski definition) is 2. The zero-order valence-electron chi connectivity index (χ0n) is 14.0. The van der Waals surface area contributed by atoms with Gasteiger partial charge in [-0.25, -0.2) is 0 Å². The fourth-order valence-corrected chi connectivity index (χ4v) is 1.54. The largest absolute Gasteiger partial charge is 0.508 e. The fraction of sp³-hybridized carbons (Fsp3) is 0.300. The van der Waals surface area contributed by atoms with Crippen molar-refractivity contribution in [2.75, 3.05) is 13.6 Å². The second kappa shape index (κ2) is 18.8. The first-order valence-corrected chi connectivity index (χ1v) is 7.59. The van der Waals surface area contributed by atoms with Crippen molar-refractivity contribution in [1.82, 2.24) is 5.32 Å². The van der Waals surface area contributed by atoms with E-state index in [1.54, 1.807) is 24.3 Å². The number of terminal acetylenes is 1. The van der Waals surface area contributed by atoms with E-state index in [0.29, 0.717) is 5.75 Å². The van der Waals surface area contributed by atoms with Crippen LogP contribution in [-0.4, -0.2) is 18.7 Å². The van der Waals surface area contributed by atoms with Gasteiger partial charge in [-0.1, -0.05) is 62.4 Å². The van der Waals surface area contributed by atoms with Crippen LogP contribution in [0.5, 0.6) is 5.75 Å². The maximum Gasteiger partial charge on any atom is 0.115 e. The van der Waals surface area contributed by atoms with Crippen molar-refractivity contribution < 1.29 is 5.11 Å². The molecule has 0 atom stereocenters. The Bertz CT molecular complexity index is 437. The van der Waals surface area contributed by atoms with Gasteiger partial charge < -0.3 is 10.4 Å². The maximum atomic E-state index is 8.63. The molecule has 0 spiro atoms. The summed E-state index contributed by atoms with van der Waals surface area (Å²) in [6, 6.07) is 19.3. The molecule has 2 nitrogen and oxygen atoms in total. The molecule has 22 heavy (non-hydrogen) atoms. The lowest BCUT2D eigenvalue weighted by molar-refractivity contribution is 0.475. The summed E-state index contributed by atoms with van der Waals surface area (Å²) < 4.78 is 0. The molecule has 120 valence electrons. The van der Waals surface area contributed by atoms with Crippen molar-refractivity contribution in [3.05, 3.63) is 66.2 Å². The summed E-state index contributed by atoms with van der Waals surface area (Å²) in [5.74, 6) is 0.322. The molecular formula is C20H29NO. The van der Waals surface area contributed by atoms with Crippen LogP contribution in [0.15, 0.2) is 60.7 Å². The number of para-hydroxylation sites is 1. The van der Waals surface area contributed by atoms with Gasteiger partial charge in [-0.05, 0) is 44.1 Å². The molecule has 0 unspecified atom stereocenters. The molecule has 0 saturated heterocycles. The summed E-state index contributed by atoms with van der Waals surface area (Å²) in [4.78, 5) is 0. The highest BCUT2D eigenvalue weighted by Gasteiger charge is 1.88. The van der Waals surface area contributed by atoms with E-state index in [1.807, 2.05) is 27.0 Å². The minimum absolute atomic E-state index is 0.322. The molecule has 0 aromatic heterocycles. The van der Waals surface area contributed by atoms with Crippen molar-refractivity contribution in [2.24, 2.45) is 0 Å². The molecule has 2 heteroatoms. The van der Waals surface area contributed by atoms with Crippen LogP contribution >= 0.6 is 0 Å². The Hall–Kier alpha value is -2.24. The first-order chi connectivity index (χ1) is 10.8. The van der Waals surface area contributed by atoms with E-state index < -0.39 is 0 Å². The molecule has 0 saturated carbocycles. The Morgan fingerprint density at radius 2 is 1.32 bits per heavy atom. The SMILES string of the molecule is C#C.CC.CNCCCc1ccccc1.Oc1ccccc1. The first-order valence-electron chi connectivity index (χ1n) is 7.59. The van der Waals surface area contributed by atoms with Crippen molar-refractivity contribution in [3.63, 3.8) is 0 Å². The van der Waals surface area contributed by atoms with E-state index in [0.717, 1.165) is 6.54 Å². The van der Waals surface area contributed by atoms with Crippen LogP contribution in [0, 0.1) is 12.8 Å². The molecule has 0 aliphatic heterocycles. The van der Waals surface area contributed by atoms with E-state index >= 15 is 0 Å². The molecule has 2 aromatic rings. The quantitative estimate of drug-likeness (QED) is 0.643. The summed E-state index contributed by atoms with van der Waals surface area (Å²) in [5.41, 5.74) is 1.43. The number of benzene rings is 2. The highest BCUT2D eigenvalue weighted by Crippen LogP contribution is 2.03. The Morgan fingerprint density at radius 1 is 0.864 bits per heavy atom. The predicted octanol–water partition coefficient (Wildman–Crippen LogP) is 4.51. The van der Waals surface area contributed by atoms with E-state index in [2.05, 4.69) is 48.5 Å². The third-order valence-electron chi connectivity index (χ3n) is 2.49. The van der Waals surface area contributed by atoms with Gasteiger partial charge in [0.15, 0.2) is 0 Å². The molecule has 0 aliphatic rings. The van der Waals surface area contributed by atoms with Crippen LogP contribution < -0.4 is 5.32 Å². The van der Waals surface area contributed by atoms with Crippen LogP contribution in [0.2, 0.25) is 0 Å². The number of nitrogens with one attached hydrogen (secondary N) is 1. The number of hydrogen-bond donors (Lipinski definition) is 2. The van der Waals surface area contributed by atoms with Gasteiger partial charge >= 0.3 is 0 Å². The van der Waals surface area contributed by atoms with Crippen molar-refractivity contribution >= 4 is 0 Å². The smallest absolute Gasteiger partial charge is 0.115 e. The van der Waals surface area contributed by atoms with Crippen LogP contribution in [0.25, 0.3) is 0 Å². The maximum absolute atomic E-state index is 8.63. The third kappa shape index (κ3) is 14.2. The third-order valence-corrected chi connectivity index (χ3v) is 2.49. The molecule has 0 fully saturated rings. The van der Waals surface area contributed by atoms with E-state index in [-0.39, 0.29) is 0 Å². The van der Waals surface area contributed by atoms with Crippen LogP contribution in [0.4, 0.5) is 0 Å². The van der Waals surface area contributed by atoms with Gasteiger partial charge in [-0.15, -0.1) is 12.8 Å². The minimum atomic E-state index is 0.322. The van der Waals surface area contributed by atoms with Crippen molar-refractivity contribution in [3.8, 4) is 18.6 Å². The number of phenolic OH excluding ortho intramolecular Hbond substituents is 1. The molecule has 0 radical (unpaired) electrons. The normalized spacial score (nSPS) is 8.05. The van der Waals surface area contributed by atoms with Crippen LogP contribution in [-0.2, 0) is 6.42 Å². The van der Waals surface area contributed by atoms with Crippen LogP contribution in [0.3, 0.4) is 0 Å². The Labute approximate surface area is 136 Å². The van der Waals surface area contributed by atoms with Gasteiger partial charge in [0.25, 0.3) is 0 Å². The van der Waals surface area contributed by atoms with Crippen molar-refractivity contribution in [2.45, 2.75) is 26.7 Å². The molecule has 2 rings (SSSR count). The number of phenols is 1. The zero-order valence-corrected chi connectivity index (χ0v) is 14.0. The topological polar surface area (TPSA) is 32.3 Å². The highest BCUT2D eigenvalue weighted by molar-refractivity contribution is 5.18. The van der Waals surface area contributed by atoms with Gasteiger partial charge in [0.2, 0.25) is 0 Å². The van der Waals surface area contributed by atoms with Gasteiger partial charge in [-0.2, -0.15) is 0 Å². The van der Waals surface area contributed by atoms with E-state index in [9.17, 15) is 0 Å².